The van der Waals surface area contributed by atoms with Gasteiger partial charge in [0.05, 0.1) is 18.0 Å². The van der Waals surface area contributed by atoms with Crippen LogP contribution in [0.2, 0.25) is 0 Å². The Bertz CT molecular complexity index is 1250. The van der Waals surface area contributed by atoms with Crippen LogP contribution in [0.4, 0.5) is 0 Å². The lowest BCUT2D eigenvalue weighted by Crippen LogP contribution is -2.23. The molecule has 0 fully saturated rings. The number of carbonyl (C=O) groups is 4. The maximum absolute atomic E-state index is 12.3. The predicted molar refractivity (Wildman–Crippen MR) is 121 cm³/mol. The number of carbonyl (C=O) groups excluding carboxylic acids is 3. The van der Waals surface area contributed by atoms with Gasteiger partial charge in [0.15, 0.2) is 0 Å². The summed E-state index contributed by atoms with van der Waals surface area (Å²) < 4.78 is 4.69. The molecule has 3 N–H and O–H groups in total. The first-order valence-corrected chi connectivity index (χ1v) is 9.64. The first-order valence-electron chi connectivity index (χ1n) is 9.64. The van der Waals surface area contributed by atoms with Crippen molar-refractivity contribution in [3.63, 3.8) is 0 Å². The second-order valence-corrected chi connectivity index (χ2v) is 6.52. The van der Waals surface area contributed by atoms with Gasteiger partial charge in [-0.2, -0.15) is 10.2 Å². The third-order valence-electron chi connectivity index (χ3n) is 4.20. The summed E-state index contributed by atoms with van der Waals surface area (Å²) in [5.74, 6) is -1.95. The Labute approximate surface area is 192 Å². The zero-order valence-corrected chi connectivity index (χ0v) is 17.4. The molecule has 0 bridgehead atoms. The van der Waals surface area contributed by atoms with Gasteiger partial charge in [-0.05, 0) is 59.7 Å². The van der Waals surface area contributed by atoms with Crippen LogP contribution in [0.1, 0.15) is 42.5 Å². The summed E-state index contributed by atoms with van der Waals surface area (Å²) in [6, 6.07) is 16.6. The van der Waals surface area contributed by atoms with Crippen molar-refractivity contribution in [2.24, 2.45) is 10.2 Å². The molecule has 11 heteroatoms. The van der Waals surface area contributed by atoms with Crippen LogP contribution < -0.4 is 15.6 Å². The third kappa shape index (κ3) is 6.65. The van der Waals surface area contributed by atoms with E-state index in [0.717, 1.165) is 0 Å². The Hall–Kier alpha value is -5.19. The minimum atomic E-state index is -1.04. The Morgan fingerprint density at radius 2 is 1.29 bits per heavy atom. The number of amides is 2. The summed E-state index contributed by atoms with van der Waals surface area (Å²) in [7, 11) is 0. The van der Waals surface area contributed by atoms with E-state index in [-0.39, 0.29) is 17.0 Å². The Morgan fingerprint density at radius 1 is 0.794 bits per heavy atom. The van der Waals surface area contributed by atoms with Crippen LogP contribution in [0.5, 0.6) is 5.75 Å². The van der Waals surface area contributed by atoms with Crippen LogP contribution in [-0.4, -0.2) is 46.8 Å². The Kier molecular flexibility index (Phi) is 7.89. The molecule has 0 aliphatic rings. The van der Waals surface area contributed by atoms with Gasteiger partial charge in [0.2, 0.25) is 0 Å². The minimum Gasteiger partial charge on any atom is -0.478 e. The zero-order valence-electron chi connectivity index (χ0n) is 17.4. The number of nitrogens with zero attached hydrogens (tertiary/aromatic N) is 3. The maximum atomic E-state index is 12.3. The second kappa shape index (κ2) is 11.4. The van der Waals surface area contributed by atoms with Crippen molar-refractivity contribution >= 4 is 36.7 Å². The summed E-state index contributed by atoms with van der Waals surface area (Å²) in [6.45, 7) is 0.318. The number of hydrogen-bond donors (Lipinski definition) is 3. The molecule has 1 heterocycles. The monoisotopic (exact) mass is 459 g/mol. The average Bonchev–Trinajstić information content (AvgIpc) is 2.85. The molecule has 2 amide bonds. The van der Waals surface area contributed by atoms with E-state index in [1.54, 1.807) is 24.3 Å². The summed E-state index contributed by atoms with van der Waals surface area (Å²) in [5.41, 5.74) is 5.88. The lowest BCUT2D eigenvalue weighted by molar-refractivity contribution is -0.120. The molecular formula is C23H17N5O6. The predicted octanol–water partition coefficient (Wildman–Crippen LogP) is 1.84. The second-order valence-electron chi connectivity index (χ2n) is 6.52. The molecule has 0 unspecified atom stereocenters. The third-order valence-corrected chi connectivity index (χ3v) is 4.20. The number of nitrogens with one attached hydrogen (secondary N) is 2. The average molecular weight is 459 g/mol. The van der Waals surface area contributed by atoms with E-state index in [1.807, 2.05) is 0 Å². The van der Waals surface area contributed by atoms with Crippen molar-refractivity contribution in [1.29, 1.82) is 0 Å². The number of carboxylic acid groups (broad SMARTS) is 1. The van der Waals surface area contributed by atoms with Crippen molar-refractivity contribution in [1.82, 2.24) is 15.8 Å². The number of ether oxygens (including phenoxy) is 1. The highest BCUT2D eigenvalue weighted by Crippen LogP contribution is 2.10. The minimum absolute atomic E-state index is 0.0345. The summed E-state index contributed by atoms with van der Waals surface area (Å²) in [5, 5.41) is 16.5. The number of benzene rings is 2. The molecule has 34 heavy (non-hydrogen) atoms. The number of hydrogen-bond acceptors (Lipinski definition) is 8. The number of rotatable bonds is 9. The highest BCUT2D eigenvalue weighted by molar-refractivity contribution is 5.97. The largest absolute Gasteiger partial charge is 0.478 e. The fourth-order valence-corrected chi connectivity index (χ4v) is 2.53. The molecule has 0 aliphatic heterocycles. The quantitative estimate of drug-likeness (QED) is 0.250. The molecule has 2 aromatic carbocycles. The zero-order chi connectivity index (χ0) is 24.3. The molecule has 3 aromatic rings. The van der Waals surface area contributed by atoms with Crippen LogP contribution in [0, 0.1) is 0 Å². The molecule has 0 spiro atoms. The van der Waals surface area contributed by atoms with Crippen molar-refractivity contribution in [3.05, 3.63) is 94.8 Å². The summed E-state index contributed by atoms with van der Waals surface area (Å²) in [6.07, 6.45) is 2.73. The maximum Gasteiger partial charge on any atom is 0.335 e. The Balaban J connectivity index is 1.56. The van der Waals surface area contributed by atoms with Crippen molar-refractivity contribution < 1.29 is 29.0 Å². The molecule has 11 nitrogen and oxygen atoms in total. The van der Waals surface area contributed by atoms with Gasteiger partial charge in [0.25, 0.3) is 18.3 Å². The van der Waals surface area contributed by atoms with Gasteiger partial charge in [-0.3, -0.25) is 14.4 Å². The number of aromatic carboxylic acids is 1. The number of aromatic nitrogens is 1. The van der Waals surface area contributed by atoms with Gasteiger partial charge in [-0.1, -0.05) is 18.2 Å². The first kappa shape index (κ1) is 23.5. The molecule has 3 rings (SSSR count). The molecule has 1 aromatic heterocycles. The smallest absolute Gasteiger partial charge is 0.335 e. The molecule has 0 radical (unpaired) electrons. The van der Waals surface area contributed by atoms with Gasteiger partial charge >= 0.3 is 5.97 Å². The normalized spacial score (nSPS) is 10.7. The van der Waals surface area contributed by atoms with E-state index in [2.05, 4.69) is 30.8 Å². The van der Waals surface area contributed by atoms with Crippen molar-refractivity contribution in [2.75, 3.05) is 0 Å². The van der Waals surface area contributed by atoms with Gasteiger partial charge in [0, 0.05) is 0 Å². The topological polar surface area (TPSA) is 159 Å². The van der Waals surface area contributed by atoms with Gasteiger partial charge in [0.1, 0.15) is 17.1 Å². The van der Waals surface area contributed by atoms with Crippen molar-refractivity contribution in [3.8, 4) is 5.75 Å². The number of hydrazone groups is 2. The molecule has 0 aliphatic carbocycles. The molecule has 170 valence electrons. The summed E-state index contributed by atoms with van der Waals surface area (Å²) >= 11 is 0. The number of pyridine rings is 1. The highest BCUT2D eigenvalue weighted by Gasteiger charge is 2.11. The highest BCUT2D eigenvalue weighted by atomic mass is 16.5. The molecule has 0 saturated heterocycles. The molecule has 0 saturated carbocycles. The van der Waals surface area contributed by atoms with Crippen LogP contribution in [0.3, 0.4) is 0 Å². The SMILES string of the molecule is O=COc1ccc(/C=N/NC(=O)c2cccc(C(=O)N/N=C/c3ccc(C(=O)O)cc3)n2)cc1. The van der Waals surface area contributed by atoms with E-state index in [0.29, 0.717) is 23.3 Å². The van der Waals surface area contributed by atoms with Crippen LogP contribution >= 0.6 is 0 Å². The van der Waals surface area contributed by atoms with Crippen LogP contribution in [0.15, 0.2) is 76.9 Å². The van der Waals surface area contributed by atoms with E-state index >= 15 is 0 Å². The van der Waals surface area contributed by atoms with E-state index < -0.39 is 17.8 Å². The lowest BCUT2D eigenvalue weighted by Gasteiger charge is -2.03. The summed E-state index contributed by atoms with van der Waals surface area (Å²) in [4.78, 5) is 49.7. The fourth-order valence-electron chi connectivity index (χ4n) is 2.53. The standard InChI is InChI=1S/C23H17N5O6/c29-14-34-18-10-6-16(7-11-18)13-25-28-22(31)20-3-1-2-19(26-20)21(30)27-24-12-15-4-8-17(9-5-15)23(32)33/h1-14H,(H,27,30)(H,28,31)(H,32,33)/b24-12+,25-13+. The van der Waals surface area contributed by atoms with E-state index in [1.165, 1.54) is 54.9 Å². The fraction of sp³-hybridized carbons (Fsp3) is 0. The van der Waals surface area contributed by atoms with Crippen LogP contribution in [0.25, 0.3) is 0 Å². The number of carboxylic acids is 1. The molecule has 0 atom stereocenters. The first-order chi connectivity index (χ1) is 16.5. The van der Waals surface area contributed by atoms with E-state index in [4.69, 9.17) is 5.11 Å². The van der Waals surface area contributed by atoms with Gasteiger partial charge in [-0.25, -0.2) is 20.6 Å². The van der Waals surface area contributed by atoms with Crippen LogP contribution in [-0.2, 0) is 4.79 Å². The van der Waals surface area contributed by atoms with Crippen molar-refractivity contribution in [2.45, 2.75) is 0 Å². The molecular weight excluding hydrogens is 442 g/mol. The lowest BCUT2D eigenvalue weighted by atomic mass is 10.1. The Morgan fingerprint density at radius 3 is 1.76 bits per heavy atom. The van der Waals surface area contributed by atoms with E-state index in [9.17, 15) is 19.2 Å². The van der Waals surface area contributed by atoms with Gasteiger partial charge in [-0.15, -0.1) is 0 Å². The van der Waals surface area contributed by atoms with Gasteiger partial charge < -0.3 is 9.84 Å².